The molecule has 0 N–H and O–H groups in total. The third-order valence-electron chi connectivity index (χ3n) is 5.87. The highest BCUT2D eigenvalue weighted by Crippen LogP contribution is 2.36. The Kier molecular flexibility index (Phi) is 5.12. The van der Waals surface area contributed by atoms with Gasteiger partial charge in [0.2, 0.25) is 0 Å². The van der Waals surface area contributed by atoms with Gasteiger partial charge in [0.1, 0.15) is 11.1 Å². The van der Waals surface area contributed by atoms with E-state index in [1.807, 2.05) is 18.2 Å². The van der Waals surface area contributed by atoms with Crippen molar-refractivity contribution in [3.05, 3.63) is 54.1 Å². The first-order valence-corrected chi connectivity index (χ1v) is 10.3. The molecule has 0 saturated carbocycles. The molecule has 3 heterocycles. The smallest absolute Gasteiger partial charge is 0.267 e. The third-order valence-corrected chi connectivity index (χ3v) is 5.87. The minimum absolute atomic E-state index is 0.0237. The van der Waals surface area contributed by atoms with Crippen molar-refractivity contribution in [3.8, 4) is 17.6 Å². The van der Waals surface area contributed by atoms with Crippen molar-refractivity contribution >= 4 is 22.7 Å². The molecule has 1 saturated heterocycles. The van der Waals surface area contributed by atoms with Gasteiger partial charge in [-0.3, -0.25) is 14.6 Å². The molecule has 3 aromatic rings. The zero-order chi connectivity index (χ0) is 20.3. The first kappa shape index (κ1) is 18.7. The van der Waals surface area contributed by atoms with Crippen LogP contribution in [0.4, 0.5) is 5.82 Å². The third kappa shape index (κ3) is 3.64. The SMILES string of the molecule is O=C1COc2cccc3onc(c23)N1CC#CCN1CCC(c2ccccc2)CC1. The van der Waals surface area contributed by atoms with E-state index in [0.29, 0.717) is 29.6 Å². The minimum Gasteiger partial charge on any atom is -0.483 e. The molecule has 2 aliphatic heterocycles. The standard InChI is InChI=1S/C24H23N3O3/c28-22-17-29-20-9-6-10-21-23(20)24(25-30-21)27(22)14-5-4-13-26-15-11-19(12-16-26)18-7-2-1-3-8-18/h1-3,6-10,19H,11-17H2. The van der Waals surface area contributed by atoms with Crippen LogP contribution in [0.2, 0.25) is 0 Å². The van der Waals surface area contributed by atoms with Crippen LogP contribution in [-0.4, -0.2) is 48.7 Å². The molecule has 152 valence electrons. The largest absolute Gasteiger partial charge is 0.483 e. The first-order valence-electron chi connectivity index (χ1n) is 10.3. The molecule has 6 heteroatoms. The lowest BCUT2D eigenvalue weighted by molar-refractivity contribution is -0.120. The summed E-state index contributed by atoms with van der Waals surface area (Å²) in [7, 11) is 0. The molecule has 30 heavy (non-hydrogen) atoms. The van der Waals surface area contributed by atoms with Crippen molar-refractivity contribution < 1.29 is 14.1 Å². The van der Waals surface area contributed by atoms with Gasteiger partial charge in [-0.05, 0) is 49.5 Å². The van der Waals surface area contributed by atoms with E-state index in [1.54, 1.807) is 4.90 Å². The van der Waals surface area contributed by atoms with E-state index >= 15 is 0 Å². The van der Waals surface area contributed by atoms with Crippen molar-refractivity contribution in [2.75, 3.05) is 37.7 Å². The van der Waals surface area contributed by atoms with Crippen molar-refractivity contribution in [2.45, 2.75) is 18.8 Å². The van der Waals surface area contributed by atoms with Gasteiger partial charge in [-0.1, -0.05) is 53.4 Å². The first-order chi connectivity index (χ1) is 14.8. The highest BCUT2D eigenvalue weighted by molar-refractivity contribution is 6.05. The number of benzene rings is 2. The molecule has 0 unspecified atom stereocenters. The molecule has 0 radical (unpaired) electrons. The van der Waals surface area contributed by atoms with Crippen LogP contribution in [0.5, 0.6) is 5.75 Å². The maximum absolute atomic E-state index is 12.5. The molecule has 0 spiro atoms. The fraction of sp³-hybridized carbons (Fsp3) is 0.333. The number of amides is 1. The number of ether oxygens (including phenoxy) is 1. The van der Waals surface area contributed by atoms with Gasteiger partial charge in [-0.25, -0.2) is 0 Å². The van der Waals surface area contributed by atoms with Gasteiger partial charge in [0.15, 0.2) is 18.0 Å². The highest BCUT2D eigenvalue weighted by Gasteiger charge is 2.27. The average Bonchev–Trinajstić information content (AvgIpc) is 3.17. The Labute approximate surface area is 175 Å². The zero-order valence-corrected chi connectivity index (χ0v) is 16.7. The molecule has 1 amide bonds. The molecular formula is C24H23N3O3. The van der Waals surface area contributed by atoms with E-state index in [4.69, 9.17) is 9.26 Å². The zero-order valence-electron chi connectivity index (χ0n) is 16.7. The number of aromatic nitrogens is 1. The Balaban J connectivity index is 1.21. The molecule has 2 aromatic carbocycles. The van der Waals surface area contributed by atoms with E-state index in [1.165, 1.54) is 5.56 Å². The van der Waals surface area contributed by atoms with Crippen LogP contribution < -0.4 is 9.64 Å². The number of carbonyl (C=O) groups excluding carboxylic acids is 1. The summed E-state index contributed by atoms with van der Waals surface area (Å²) in [6.07, 6.45) is 2.31. The maximum Gasteiger partial charge on any atom is 0.267 e. The summed E-state index contributed by atoms with van der Waals surface area (Å²) in [5.74, 6) is 7.95. The second kappa shape index (κ2) is 8.21. The molecule has 5 rings (SSSR count). The van der Waals surface area contributed by atoms with E-state index in [9.17, 15) is 4.79 Å². The molecule has 0 aliphatic carbocycles. The number of rotatable bonds is 3. The predicted octanol–water partition coefficient (Wildman–Crippen LogP) is 3.44. The quantitative estimate of drug-likeness (QED) is 0.630. The van der Waals surface area contributed by atoms with Gasteiger partial charge >= 0.3 is 0 Å². The summed E-state index contributed by atoms with van der Waals surface area (Å²) in [5.41, 5.74) is 2.04. The summed E-state index contributed by atoms with van der Waals surface area (Å²) in [5, 5.41) is 4.83. The molecular weight excluding hydrogens is 378 g/mol. The molecule has 1 fully saturated rings. The van der Waals surface area contributed by atoms with E-state index in [0.717, 1.165) is 31.3 Å². The second-order valence-electron chi connectivity index (χ2n) is 7.72. The van der Waals surface area contributed by atoms with Gasteiger partial charge in [0.25, 0.3) is 5.91 Å². The number of carbonyl (C=O) groups is 1. The Hall–Kier alpha value is -3.30. The molecule has 2 aliphatic rings. The highest BCUT2D eigenvalue weighted by atomic mass is 16.5. The Morgan fingerprint density at radius 2 is 1.80 bits per heavy atom. The summed E-state index contributed by atoms with van der Waals surface area (Å²) in [6.45, 7) is 3.05. The lowest BCUT2D eigenvalue weighted by atomic mass is 9.89. The Bertz CT molecular complexity index is 1100. The predicted molar refractivity (Wildman–Crippen MR) is 114 cm³/mol. The van der Waals surface area contributed by atoms with Gasteiger partial charge in [0.05, 0.1) is 13.1 Å². The van der Waals surface area contributed by atoms with Gasteiger partial charge in [-0.2, -0.15) is 0 Å². The average molecular weight is 401 g/mol. The van der Waals surface area contributed by atoms with Crippen LogP contribution in [0.1, 0.15) is 24.3 Å². The monoisotopic (exact) mass is 401 g/mol. The van der Waals surface area contributed by atoms with Crippen LogP contribution in [0, 0.1) is 11.8 Å². The van der Waals surface area contributed by atoms with Crippen LogP contribution in [0.3, 0.4) is 0 Å². The minimum atomic E-state index is -0.167. The van der Waals surface area contributed by atoms with E-state index < -0.39 is 0 Å². The van der Waals surface area contributed by atoms with Gasteiger partial charge in [-0.15, -0.1) is 0 Å². The normalized spacial score (nSPS) is 17.3. The number of likely N-dealkylation sites (tertiary alicyclic amines) is 1. The van der Waals surface area contributed by atoms with Crippen LogP contribution >= 0.6 is 0 Å². The summed E-state index contributed by atoms with van der Waals surface area (Å²) in [6, 6.07) is 16.2. The van der Waals surface area contributed by atoms with Crippen molar-refractivity contribution in [3.63, 3.8) is 0 Å². The fourth-order valence-electron chi connectivity index (χ4n) is 4.20. The molecule has 0 bridgehead atoms. The maximum atomic E-state index is 12.5. The van der Waals surface area contributed by atoms with Crippen molar-refractivity contribution in [1.82, 2.24) is 10.1 Å². The van der Waals surface area contributed by atoms with Crippen LogP contribution in [0.15, 0.2) is 53.1 Å². The van der Waals surface area contributed by atoms with Crippen LogP contribution in [-0.2, 0) is 4.79 Å². The van der Waals surface area contributed by atoms with Gasteiger partial charge < -0.3 is 9.26 Å². The molecule has 1 aromatic heterocycles. The lowest BCUT2D eigenvalue weighted by Gasteiger charge is -2.30. The summed E-state index contributed by atoms with van der Waals surface area (Å²) >= 11 is 0. The van der Waals surface area contributed by atoms with Crippen molar-refractivity contribution in [1.29, 1.82) is 0 Å². The molecule has 6 nitrogen and oxygen atoms in total. The lowest BCUT2D eigenvalue weighted by Crippen LogP contribution is -2.35. The number of hydrogen-bond donors (Lipinski definition) is 0. The topological polar surface area (TPSA) is 58.8 Å². The fourth-order valence-corrected chi connectivity index (χ4v) is 4.20. The van der Waals surface area contributed by atoms with E-state index in [-0.39, 0.29) is 19.1 Å². The molecule has 0 atom stereocenters. The number of hydrogen-bond acceptors (Lipinski definition) is 5. The van der Waals surface area contributed by atoms with Crippen LogP contribution in [0.25, 0.3) is 11.0 Å². The second-order valence-corrected chi connectivity index (χ2v) is 7.72. The van der Waals surface area contributed by atoms with E-state index in [2.05, 4.69) is 52.2 Å². The number of nitrogens with zero attached hydrogens (tertiary/aromatic N) is 3. The number of piperidine rings is 1. The summed E-state index contributed by atoms with van der Waals surface area (Å²) in [4.78, 5) is 16.5. The number of anilines is 1. The Morgan fingerprint density at radius 1 is 1.00 bits per heavy atom. The van der Waals surface area contributed by atoms with Crippen molar-refractivity contribution in [2.24, 2.45) is 0 Å². The summed E-state index contributed by atoms with van der Waals surface area (Å²) < 4.78 is 11.0. The Morgan fingerprint density at radius 3 is 2.63 bits per heavy atom. The van der Waals surface area contributed by atoms with Gasteiger partial charge in [0, 0.05) is 0 Å².